The molecule has 174 valence electrons. The summed E-state index contributed by atoms with van der Waals surface area (Å²) in [6.07, 6.45) is 5.48. The standard InChI is InChI=1S/C24H29N5O3S/c1-19(24(30)27-16-14-26(15-17-27)23-6-2-3-10-25-23)29-13-9-20-18-21(7-8-22(20)29)33(31,32)28-11-4-5-12-28/h2-3,6-10,13,18-19H,4-5,11-12,14-17H2,1H3/t19-/m1/s1. The lowest BCUT2D eigenvalue weighted by Crippen LogP contribution is -2.50. The van der Waals surface area contributed by atoms with E-state index in [4.69, 9.17) is 0 Å². The van der Waals surface area contributed by atoms with Crippen molar-refractivity contribution in [3.63, 3.8) is 0 Å². The summed E-state index contributed by atoms with van der Waals surface area (Å²) in [7, 11) is -3.46. The fraction of sp³-hybridized carbons (Fsp3) is 0.417. The molecule has 0 N–H and O–H groups in total. The second-order valence-electron chi connectivity index (χ2n) is 8.73. The summed E-state index contributed by atoms with van der Waals surface area (Å²) < 4.78 is 29.3. The summed E-state index contributed by atoms with van der Waals surface area (Å²) >= 11 is 0. The lowest BCUT2D eigenvalue weighted by atomic mass is 10.2. The van der Waals surface area contributed by atoms with E-state index in [2.05, 4.69) is 9.88 Å². The van der Waals surface area contributed by atoms with Gasteiger partial charge in [-0.2, -0.15) is 4.31 Å². The number of anilines is 1. The number of carbonyl (C=O) groups is 1. The zero-order valence-electron chi connectivity index (χ0n) is 18.8. The Bertz CT molecular complexity index is 1240. The number of hydrogen-bond donors (Lipinski definition) is 0. The molecule has 0 unspecified atom stereocenters. The summed E-state index contributed by atoms with van der Waals surface area (Å²) in [5.74, 6) is 1.01. The van der Waals surface area contributed by atoms with Crippen LogP contribution in [0.1, 0.15) is 25.8 Å². The Kier molecular flexibility index (Phi) is 5.84. The fourth-order valence-corrected chi connectivity index (χ4v) is 6.35. The number of pyridine rings is 1. The van der Waals surface area contributed by atoms with Gasteiger partial charge in [-0.15, -0.1) is 0 Å². The van der Waals surface area contributed by atoms with Crippen molar-refractivity contribution in [2.24, 2.45) is 0 Å². The quantitative estimate of drug-likeness (QED) is 0.577. The van der Waals surface area contributed by atoms with Gasteiger partial charge in [-0.25, -0.2) is 13.4 Å². The van der Waals surface area contributed by atoms with Crippen LogP contribution in [0.15, 0.2) is 59.8 Å². The highest BCUT2D eigenvalue weighted by Crippen LogP contribution is 2.27. The van der Waals surface area contributed by atoms with Gasteiger partial charge in [-0.3, -0.25) is 4.79 Å². The summed E-state index contributed by atoms with van der Waals surface area (Å²) in [6, 6.07) is 12.6. The van der Waals surface area contributed by atoms with Crippen LogP contribution in [0.5, 0.6) is 0 Å². The molecule has 2 fully saturated rings. The summed E-state index contributed by atoms with van der Waals surface area (Å²) in [5.41, 5.74) is 0.864. The largest absolute Gasteiger partial charge is 0.353 e. The average Bonchev–Trinajstić information content (AvgIpc) is 3.54. The first-order valence-corrected chi connectivity index (χ1v) is 12.9. The lowest BCUT2D eigenvalue weighted by molar-refractivity contribution is -0.134. The molecule has 0 bridgehead atoms. The molecule has 0 aliphatic carbocycles. The fourth-order valence-electron chi connectivity index (χ4n) is 4.80. The number of piperazine rings is 1. The van der Waals surface area contributed by atoms with Crippen molar-refractivity contribution in [3.05, 3.63) is 54.9 Å². The summed E-state index contributed by atoms with van der Waals surface area (Å²) in [5, 5.41) is 0.829. The van der Waals surface area contributed by atoms with Crippen LogP contribution in [0.3, 0.4) is 0 Å². The van der Waals surface area contributed by atoms with Gasteiger partial charge in [-0.05, 0) is 56.2 Å². The Labute approximate surface area is 194 Å². The summed E-state index contributed by atoms with van der Waals surface area (Å²) in [6.45, 7) is 5.87. The molecule has 2 aromatic heterocycles. The highest BCUT2D eigenvalue weighted by molar-refractivity contribution is 7.89. The third kappa shape index (κ3) is 4.11. The molecule has 2 aliphatic heterocycles. The number of benzene rings is 1. The first kappa shape index (κ1) is 21.9. The minimum absolute atomic E-state index is 0.0712. The monoisotopic (exact) mass is 467 g/mol. The highest BCUT2D eigenvalue weighted by atomic mass is 32.2. The predicted octanol–water partition coefficient (Wildman–Crippen LogP) is 2.73. The molecule has 2 aliphatic rings. The van der Waals surface area contributed by atoms with Crippen molar-refractivity contribution in [2.75, 3.05) is 44.2 Å². The van der Waals surface area contributed by atoms with Gasteiger partial charge in [0.2, 0.25) is 15.9 Å². The van der Waals surface area contributed by atoms with Crippen LogP contribution in [-0.2, 0) is 14.8 Å². The normalized spacial score (nSPS) is 18.7. The van der Waals surface area contributed by atoms with Crippen LogP contribution in [0, 0.1) is 0 Å². The van der Waals surface area contributed by atoms with E-state index in [-0.39, 0.29) is 11.9 Å². The Morgan fingerprint density at radius 2 is 1.73 bits per heavy atom. The number of fused-ring (bicyclic) bond motifs is 1. The van der Waals surface area contributed by atoms with Gasteiger partial charge >= 0.3 is 0 Å². The topological polar surface area (TPSA) is 78.8 Å². The maximum atomic E-state index is 13.3. The second kappa shape index (κ2) is 8.79. The van der Waals surface area contributed by atoms with Crippen LogP contribution < -0.4 is 4.90 Å². The highest BCUT2D eigenvalue weighted by Gasteiger charge is 2.29. The second-order valence-corrected chi connectivity index (χ2v) is 10.7. The molecule has 8 nitrogen and oxygen atoms in total. The number of nitrogens with zero attached hydrogens (tertiary/aromatic N) is 5. The van der Waals surface area contributed by atoms with Crippen molar-refractivity contribution < 1.29 is 13.2 Å². The minimum atomic E-state index is -3.46. The SMILES string of the molecule is C[C@H](C(=O)N1CCN(c2ccccn2)CC1)n1ccc2cc(S(=O)(=O)N3CCCC3)ccc21. The predicted molar refractivity (Wildman–Crippen MR) is 128 cm³/mol. The first-order valence-electron chi connectivity index (χ1n) is 11.5. The van der Waals surface area contributed by atoms with E-state index in [1.165, 1.54) is 0 Å². The summed E-state index contributed by atoms with van der Waals surface area (Å²) in [4.78, 5) is 22.1. The number of rotatable bonds is 5. The van der Waals surface area contributed by atoms with Crippen LogP contribution >= 0.6 is 0 Å². The molecule has 2 saturated heterocycles. The van der Waals surface area contributed by atoms with Crippen LogP contribution in [0.25, 0.3) is 10.9 Å². The van der Waals surface area contributed by atoms with Crippen LogP contribution in [0.2, 0.25) is 0 Å². The maximum Gasteiger partial charge on any atom is 0.245 e. The Balaban J connectivity index is 1.30. The maximum absolute atomic E-state index is 13.3. The van der Waals surface area contributed by atoms with Gasteiger partial charge in [0.1, 0.15) is 11.9 Å². The zero-order chi connectivity index (χ0) is 23.0. The Morgan fingerprint density at radius 1 is 0.970 bits per heavy atom. The molecule has 1 amide bonds. The molecule has 4 heterocycles. The Hall–Kier alpha value is -2.91. The molecule has 33 heavy (non-hydrogen) atoms. The lowest BCUT2D eigenvalue weighted by Gasteiger charge is -2.36. The molecular weight excluding hydrogens is 438 g/mol. The van der Waals surface area contributed by atoms with E-state index in [9.17, 15) is 13.2 Å². The van der Waals surface area contributed by atoms with Crippen LogP contribution in [0.4, 0.5) is 5.82 Å². The number of aromatic nitrogens is 2. The molecule has 1 atom stereocenters. The van der Waals surface area contributed by atoms with E-state index in [0.717, 1.165) is 42.7 Å². The van der Waals surface area contributed by atoms with Crippen molar-refractivity contribution >= 4 is 32.7 Å². The van der Waals surface area contributed by atoms with Crippen molar-refractivity contribution in [1.29, 1.82) is 0 Å². The van der Waals surface area contributed by atoms with Crippen LogP contribution in [-0.4, -0.2) is 72.3 Å². The smallest absolute Gasteiger partial charge is 0.245 e. The van der Waals surface area contributed by atoms with Gasteiger partial charge in [0, 0.05) is 62.6 Å². The van der Waals surface area contributed by atoms with Crippen molar-refractivity contribution in [2.45, 2.75) is 30.7 Å². The molecule has 3 aromatic rings. The average molecular weight is 468 g/mol. The molecule has 5 rings (SSSR count). The van der Waals surface area contributed by atoms with Gasteiger partial charge in [0.25, 0.3) is 0 Å². The van der Waals surface area contributed by atoms with E-state index >= 15 is 0 Å². The molecule has 0 spiro atoms. The van der Waals surface area contributed by atoms with Gasteiger partial charge in [-0.1, -0.05) is 6.07 Å². The Morgan fingerprint density at radius 3 is 2.42 bits per heavy atom. The molecule has 0 saturated carbocycles. The van der Waals surface area contributed by atoms with E-state index in [0.29, 0.717) is 31.1 Å². The minimum Gasteiger partial charge on any atom is -0.353 e. The molecular formula is C24H29N5O3S. The van der Waals surface area contributed by atoms with Gasteiger partial charge in [0.05, 0.1) is 4.90 Å². The number of carbonyl (C=O) groups excluding carboxylic acids is 1. The number of hydrogen-bond acceptors (Lipinski definition) is 5. The van der Waals surface area contributed by atoms with Crippen molar-refractivity contribution in [1.82, 2.24) is 18.8 Å². The van der Waals surface area contributed by atoms with Gasteiger partial charge < -0.3 is 14.4 Å². The third-order valence-corrected chi connectivity index (χ3v) is 8.63. The molecule has 9 heteroatoms. The zero-order valence-corrected chi connectivity index (χ0v) is 19.6. The molecule has 1 aromatic carbocycles. The van der Waals surface area contributed by atoms with E-state index in [1.807, 2.05) is 52.9 Å². The van der Waals surface area contributed by atoms with E-state index in [1.54, 1.807) is 22.6 Å². The first-order chi connectivity index (χ1) is 15.9. The van der Waals surface area contributed by atoms with Crippen molar-refractivity contribution in [3.8, 4) is 0 Å². The van der Waals surface area contributed by atoms with E-state index < -0.39 is 10.0 Å². The molecule has 0 radical (unpaired) electrons. The third-order valence-electron chi connectivity index (χ3n) is 6.73. The van der Waals surface area contributed by atoms with Gasteiger partial charge in [0.15, 0.2) is 0 Å². The number of amides is 1. The number of sulfonamides is 1.